The van der Waals surface area contributed by atoms with Gasteiger partial charge in [-0.15, -0.1) is 11.3 Å². The second-order valence-electron chi connectivity index (χ2n) is 4.67. The van der Waals surface area contributed by atoms with E-state index in [1.54, 1.807) is 6.20 Å². The Morgan fingerprint density at radius 3 is 3.05 bits per heavy atom. The zero-order chi connectivity index (χ0) is 14.1. The molecule has 6 nitrogen and oxygen atoms in total. The van der Waals surface area contributed by atoms with Crippen molar-refractivity contribution < 1.29 is 9.53 Å². The number of pyridine rings is 1. The number of anilines is 2. The third-order valence-corrected chi connectivity index (χ3v) is 4.52. The van der Waals surface area contributed by atoms with E-state index in [0.29, 0.717) is 17.2 Å². The van der Waals surface area contributed by atoms with Crippen LogP contribution in [-0.2, 0) is 4.74 Å². The predicted octanol–water partition coefficient (Wildman–Crippen LogP) is 1.20. The van der Waals surface area contributed by atoms with Crippen molar-refractivity contribution >= 4 is 38.8 Å². The van der Waals surface area contributed by atoms with Crippen LogP contribution < -0.4 is 16.4 Å². The molecule has 4 N–H and O–H groups in total. The van der Waals surface area contributed by atoms with Crippen molar-refractivity contribution in [2.45, 2.75) is 6.42 Å². The maximum absolute atomic E-state index is 11.4. The number of rotatable bonds is 2. The van der Waals surface area contributed by atoms with E-state index in [0.717, 1.165) is 42.0 Å². The minimum absolute atomic E-state index is 0.381. The molecule has 1 aliphatic rings. The number of primary amides is 1. The number of fused-ring (bicyclic) bond motifs is 1. The Morgan fingerprint density at radius 1 is 1.40 bits per heavy atom. The number of nitrogens with two attached hydrogens (primary N) is 2. The summed E-state index contributed by atoms with van der Waals surface area (Å²) < 4.78 is 5.47. The van der Waals surface area contributed by atoms with Crippen LogP contribution >= 0.6 is 11.3 Å². The van der Waals surface area contributed by atoms with Crippen molar-refractivity contribution in [1.82, 2.24) is 4.98 Å². The summed E-state index contributed by atoms with van der Waals surface area (Å²) in [5.41, 5.74) is 12.9. The van der Waals surface area contributed by atoms with Crippen LogP contribution in [-0.4, -0.2) is 37.2 Å². The summed E-state index contributed by atoms with van der Waals surface area (Å²) in [6.07, 6.45) is 2.71. The van der Waals surface area contributed by atoms with E-state index in [1.807, 2.05) is 6.07 Å². The fraction of sp³-hybridized carbons (Fsp3) is 0.385. The molecular formula is C13H16N4O2S. The zero-order valence-electron chi connectivity index (χ0n) is 11.0. The topological polar surface area (TPSA) is 94.5 Å². The molecule has 106 valence electrons. The number of ether oxygens (including phenoxy) is 1. The van der Waals surface area contributed by atoms with Gasteiger partial charge in [0.15, 0.2) is 0 Å². The molecule has 1 aliphatic heterocycles. The summed E-state index contributed by atoms with van der Waals surface area (Å²) in [6, 6.07) is 1.93. The van der Waals surface area contributed by atoms with E-state index in [1.165, 1.54) is 11.3 Å². The number of carbonyl (C=O) groups is 1. The molecule has 0 spiro atoms. The minimum atomic E-state index is -0.504. The highest BCUT2D eigenvalue weighted by molar-refractivity contribution is 7.21. The Kier molecular flexibility index (Phi) is 3.45. The van der Waals surface area contributed by atoms with Gasteiger partial charge in [-0.25, -0.2) is 4.98 Å². The molecule has 0 aliphatic carbocycles. The maximum atomic E-state index is 11.4. The predicted molar refractivity (Wildman–Crippen MR) is 80.2 cm³/mol. The van der Waals surface area contributed by atoms with E-state index < -0.39 is 5.91 Å². The molecule has 3 rings (SSSR count). The number of nitrogen functional groups attached to an aromatic ring is 1. The first-order valence-electron chi connectivity index (χ1n) is 6.48. The second kappa shape index (κ2) is 5.26. The van der Waals surface area contributed by atoms with Crippen LogP contribution in [0.15, 0.2) is 12.3 Å². The first-order valence-corrected chi connectivity index (χ1v) is 7.29. The molecule has 1 amide bonds. The Balaban J connectivity index is 2.12. The molecule has 2 aromatic rings. The van der Waals surface area contributed by atoms with Gasteiger partial charge in [-0.2, -0.15) is 0 Å². The summed E-state index contributed by atoms with van der Waals surface area (Å²) in [5.74, 6) is -0.504. The molecular weight excluding hydrogens is 276 g/mol. The summed E-state index contributed by atoms with van der Waals surface area (Å²) in [4.78, 5) is 19.1. The molecule has 3 heterocycles. The number of nitrogens with zero attached hydrogens (tertiary/aromatic N) is 2. The van der Waals surface area contributed by atoms with E-state index in [4.69, 9.17) is 16.2 Å². The van der Waals surface area contributed by atoms with Crippen molar-refractivity contribution in [3.8, 4) is 0 Å². The monoisotopic (exact) mass is 292 g/mol. The van der Waals surface area contributed by atoms with Crippen molar-refractivity contribution in [2.75, 3.05) is 36.9 Å². The summed E-state index contributed by atoms with van der Waals surface area (Å²) in [7, 11) is 0. The fourth-order valence-corrected chi connectivity index (χ4v) is 3.40. The highest BCUT2D eigenvalue weighted by atomic mass is 32.1. The summed E-state index contributed by atoms with van der Waals surface area (Å²) in [6.45, 7) is 3.17. The second-order valence-corrected chi connectivity index (χ2v) is 5.67. The normalized spacial score (nSPS) is 16.3. The molecule has 0 saturated carbocycles. The third-order valence-electron chi connectivity index (χ3n) is 3.39. The standard InChI is InChI=1S/C13H16N4O2S/c14-10-9-8(17-4-1-6-19-7-5-17)2-3-16-13(9)20-11(10)12(15)18/h2-3H,1,4-7,14H2,(H2,15,18). The Bertz CT molecular complexity index is 647. The van der Waals surface area contributed by atoms with E-state index in [-0.39, 0.29) is 0 Å². The van der Waals surface area contributed by atoms with Gasteiger partial charge in [-0.3, -0.25) is 4.79 Å². The zero-order valence-corrected chi connectivity index (χ0v) is 11.8. The van der Waals surface area contributed by atoms with Crippen LogP contribution in [0.2, 0.25) is 0 Å². The van der Waals surface area contributed by atoms with Gasteiger partial charge >= 0.3 is 0 Å². The number of hydrogen-bond donors (Lipinski definition) is 2. The van der Waals surface area contributed by atoms with Gasteiger partial charge in [0, 0.05) is 25.9 Å². The van der Waals surface area contributed by atoms with E-state index in [9.17, 15) is 4.79 Å². The summed E-state index contributed by atoms with van der Waals surface area (Å²) >= 11 is 1.25. The van der Waals surface area contributed by atoms with Gasteiger partial charge in [0.2, 0.25) is 0 Å². The molecule has 0 atom stereocenters. The van der Waals surface area contributed by atoms with Crippen molar-refractivity contribution in [1.29, 1.82) is 0 Å². The van der Waals surface area contributed by atoms with Crippen molar-refractivity contribution in [3.63, 3.8) is 0 Å². The molecule has 20 heavy (non-hydrogen) atoms. The molecule has 0 unspecified atom stereocenters. The maximum Gasteiger partial charge on any atom is 0.260 e. The van der Waals surface area contributed by atoms with Gasteiger partial charge in [-0.05, 0) is 12.5 Å². The molecule has 0 radical (unpaired) electrons. The van der Waals surface area contributed by atoms with Crippen LogP contribution in [0.3, 0.4) is 0 Å². The van der Waals surface area contributed by atoms with Gasteiger partial charge in [-0.1, -0.05) is 0 Å². The van der Waals surface area contributed by atoms with Crippen molar-refractivity contribution in [3.05, 3.63) is 17.1 Å². The largest absolute Gasteiger partial charge is 0.397 e. The first kappa shape index (κ1) is 13.1. The minimum Gasteiger partial charge on any atom is -0.397 e. The molecule has 0 bridgehead atoms. The molecule has 1 fully saturated rings. The lowest BCUT2D eigenvalue weighted by atomic mass is 10.2. The average molecular weight is 292 g/mol. The van der Waals surface area contributed by atoms with E-state index >= 15 is 0 Å². The Morgan fingerprint density at radius 2 is 2.25 bits per heavy atom. The smallest absolute Gasteiger partial charge is 0.260 e. The van der Waals surface area contributed by atoms with Crippen LogP contribution in [0, 0.1) is 0 Å². The highest BCUT2D eigenvalue weighted by Gasteiger charge is 2.20. The van der Waals surface area contributed by atoms with Gasteiger partial charge in [0.05, 0.1) is 23.4 Å². The van der Waals surface area contributed by atoms with E-state index in [2.05, 4.69) is 9.88 Å². The fourth-order valence-electron chi connectivity index (χ4n) is 2.46. The quantitative estimate of drug-likeness (QED) is 0.867. The van der Waals surface area contributed by atoms with Gasteiger partial charge < -0.3 is 21.1 Å². The lowest BCUT2D eigenvalue weighted by Gasteiger charge is -2.22. The molecule has 0 aromatic carbocycles. The third kappa shape index (κ3) is 2.19. The van der Waals surface area contributed by atoms with Gasteiger partial charge in [0.1, 0.15) is 9.71 Å². The Hall–Kier alpha value is -1.86. The lowest BCUT2D eigenvalue weighted by molar-refractivity contribution is 0.100. The number of carbonyl (C=O) groups excluding carboxylic acids is 1. The van der Waals surface area contributed by atoms with Crippen LogP contribution in [0.4, 0.5) is 11.4 Å². The number of thiophene rings is 1. The lowest BCUT2D eigenvalue weighted by Crippen LogP contribution is -2.26. The van der Waals surface area contributed by atoms with Gasteiger partial charge in [0.25, 0.3) is 5.91 Å². The number of hydrogen-bond acceptors (Lipinski definition) is 6. The molecule has 2 aromatic heterocycles. The molecule has 1 saturated heterocycles. The number of amides is 1. The Labute approximate surface area is 120 Å². The number of aromatic nitrogens is 1. The molecule has 7 heteroatoms. The van der Waals surface area contributed by atoms with Crippen LogP contribution in [0.1, 0.15) is 16.1 Å². The average Bonchev–Trinajstić information content (AvgIpc) is 2.64. The highest BCUT2D eigenvalue weighted by Crippen LogP contribution is 2.38. The van der Waals surface area contributed by atoms with Crippen LogP contribution in [0.5, 0.6) is 0 Å². The van der Waals surface area contributed by atoms with Crippen LogP contribution in [0.25, 0.3) is 10.2 Å². The summed E-state index contributed by atoms with van der Waals surface area (Å²) in [5, 5.41) is 0.827. The van der Waals surface area contributed by atoms with Crippen molar-refractivity contribution in [2.24, 2.45) is 5.73 Å². The first-order chi connectivity index (χ1) is 9.68. The SMILES string of the molecule is NC(=O)c1sc2nccc(N3CCCOCC3)c2c1N.